The van der Waals surface area contributed by atoms with Crippen molar-refractivity contribution in [2.45, 2.75) is 39.2 Å². The summed E-state index contributed by atoms with van der Waals surface area (Å²) in [6, 6.07) is 5.24. The number of carbonyl (C=O) groups is 1. The van der Waals surface area contributed by atoms with E-state index < -0.39 is 0 Å². The third-order valence-corrected chi connectivity index (χ3v) is 5.04. The Balaban J connectivity index is 1.44. The van der Waals surface area contributed by atoms with E-state index in [2.05, 4.69) is 20.4 Å². The highest BCUT2D eigenvalue weighted by atomic mass is 35.5. The first-order valence-electron chi connectivity index (χ1n) is 9.18. The van der Waals surface area contributed by atoms with Crippen molar-refractivity contribution in [3.8, 4) is 5.75 Å². The molecule has 3 rings (SSSR count). The zero-order valence-electron chi connectivity index (χ0n) is 15.7. The van der Waals surface area contributed by atoms with Gasteiger partial charge in [0.1, 0.15) is 5.75 Å². The fourth-order valence-electron chi connectivity index (χ4n) is 3.43. The molecule has 2 heterocycles. The monoisotopic (exact) mass is 392 g/mol. The van der Waals surface area contributed by atoms with Gasteiger partial charge in [0.2, 0.25) is 17.7 Å². The van der Waals surface area contributed by atoms with E-state index in [0.717, 1.165) is 32.4 Å². The standard InChI is InChI=1S/C19H25ClN4O3/c1-13-22-23-19(27-13)12-24-9-3-4-14(11-24)5-8-18(25)21-15-6-7-17(26-2)16(20)10-15/h6-7,10,14H,3-5,8-9,11-12H2,1-2H3,(H,21,25)/t14-/m1/s1. The first-order chi connectivity index (χ1) is 13.0. The summed E-state index contributed by atoms with van der Waals surface area (Å²) in [5, 5.41) is 11.3. The van der Waals surface area contributed by atoms with E-state index >= 15 is 0 Å². The molecule has 2 aromatic rings. The molecular weight excluding hydrogens is 368 g/mol. The van der Waals surface area contributed by atoms with E-state index in [1.54, 1.807) is 32.2 Å². The largest absolute Gasteiger partial charge is 0.495 e. The van der Waals surface area contributed by atoms with Crippen LogP contribution in [0.5, 0.6) is 5.75 Å². The molecule has 146 valence electrons. The summed E-state index contributed by atoms with van der Waals surface area (Å²) >= 11 is 6.10. The highest BCUT2D eigenvalue weighted by Gasteiger charge is 2.22. The highest BCUT2D eigenvalue weighted by Crippen LogP contribution is 2.27. The number of hydrogen-bond acceptors (Lipinski definition) is 6. The number of benzene rings is 1. The van der Waals surface area contributed by atoms with Gasteiger partial charge in [-0.3, -0.25) is 9.69 Å². The minimum absolute atomic E-state index is 0.000818. The molecule has 1 amide bonds. The Morgan fingerprint density at radius 3 is 3.00 bits per heavy atom. The van der Waals surface area contributed by atoms with Crippen molar-refractivity contribution in [2.24, 2.45) is 5.92 Å². The van der Waals surface area contributed by atoms with Gasteiger partial charge in [0.05, 0.1) is 18.7 Å². The normalized spacial score (nSPS) is 17.7. The Morgan fingerprint density at radius 1 is 1.44 bits per heavy atom. The van der Waals surface area contributed by atoms with E-state index in [9.17, 15) is 4.79 Å². The number of carbonyl (C=O) groups excluding carboxylic acids is 1. The van der Waals surface area contributed by atoms with Gasteiger partial charge in [-0.15, -0.1) is 10.2 Å². The summed E-state index contributed by atoms with van der Waals surface area (Å²) in [5.74, 6) is 2.33. The molecule has 0 saturated carbocycles. The summed E-state index contributed by atoms with van der Waals surface area (Å²) in [6.45, 7) is 4.44. The predicted molar refractivity (Wildman–Crippen MR) is 103 cm³/mol. The average Bonchev–Trinajstić information content (AvgIpc) is 3.05. The Bertz CT molecular complexity index is 780. The van der Waals surface area contributed by atoms with E-state index in [4.69, 9.17) is 20.8 Å². The van der Waals surface area contributed by atoms with Gasteiger partial charge in [-0.25, -0.2) is 0 Å². The third-order valence-electron chi connectivity index (χ3n) is 4.75. The molecule has 0 aliphatic carbocycles. The van der Waals surface area contributed by atoms with Crippen LogP contribution >= 0.6 is 11.6 Å². The first kappa shape index (κ1) is 19.6. The lowest BCUT2D eigenvalue weighted by Gasteiger charge is -2.31. The summed E-state index contributed by atoms with van der Waals surface area (Å²) < 4.78 is 10.6. The lowest BCUT2D eigenvalue weighted by molar-refractivity contribution is -0.116. The van der Waals surface area contributed by atoms with Gasteiger partial charge in [-0.1, -0.05) is 11.6 Å². The smallest absolute Gasteiger partial charge is 0.230 e. The Morgan fingerprint density at radius 2 is 2.30 bits per heavy atom. The number of aryl methyl sites for hydroxylation is 1. The van der Waals surface area contributed by atoms with Gasteiger partial charge in [0.25, 0.3) is 0 Å². The van der Waals surface area contributed by atoms with Gasteiger partial charge in [-0.2, -0.15) is 0 Å². The number of anilines is 1. The Labute approximate surface area is 164 Å². The molecule has 0 spiro atoms. The number of ether oxygens (including phenoxy) is 1. The molecule has 1 aromatic carbocycles. The number of nitrogens with zero attached hydrogens (tertiary/aromatic N) is 3. The van der Waals surface area contributed by atoms with E-state index in [1.165, 1.54) is 0 Å². The Kier molecular flexibility index (Phi) is 6.68. The summed E-state index contributed by atoms with van der Waals surface area (Å²) in [4.78, 5) is 14.6. The number of amides is 1. The van der Waals surface area contributed by atoms with Crippen LogP contribution in [0.2, 0.25) is 5.02 Å². The Hall–Kier alpha value is -2.12. The van der Waals surface area contributed by atoms with Gasteiger partial charge < -0.3 is 14.5 Å². The van der Waals surface area contributed by atoms with Crippen molar-refractivity contribution in [3.63, 3.8) is 0 Å². The molecule has 8 heteroatoms. The average molecular weight is 393 g/mol. The van der Waals surface area contributed by atoms with Crippen molar-refractivity contribution < 1.29 is 13.9 Å². The van der Waals surface area contributed by atoms with Crippen LogP contribution in [0.25, 0.3) is 0 Å². The van der Waals surface area contributed by atoms with E-state index in [1.807, 2.05) is 0 Å². The van der Waals surface area contributed by atoms with Crippen LogP contribution in [0.4, 0.5) is 5.69 Å². The molecule has 1 aliphatic heterocycles. The van der Waals surface area contributed by atoms with Crippen LogP contribution in [0.3, 0.4) is 0 Å². The summed E-state index contributed by atoms with van der Waals surface area (Å²) in [5.41, 5.74) is 0.683. The van der Waals surface area contributed by atoms with E-state index in [-0.39, 0.29) is 5.91 Å². The molecule has 27 heavy (non-hydrogen) atoms. The molecule has 0 bridgehead atoms. The maximum atomic E-state index is 12.3. The predicted octanol–water partition coefficient (Wildman–Crippen LogP) is 3.67. The fraction of sp³-hybridized carbons (Fsp3) is 0.526. The number of aromatic nitrogens is 2. The second kappa shape index (κ2) is 9.19. The van der Waals surface area contributed by atoms with Crippen molar-refractivity contribution in [1.29, 1.82) is 0 Å². The first-order valence-corrected chi connectivity index (χ1v) is 9.56. The zero-order chi connectivity index (χ0) is 19.2. The lowest BCUT2D eigenvalue weighted by atomic mass is 9.93. The maximum absolute atomic E-state index is 12.3. The molecule has 7 nitrogen and oxygen atoms in total. The maximum Gasteiger partial charge on any atom is 0.230 e. The number of rotatable bonds is 7. The quantitative estimate of drug-likeness (QED) is 0.774. The number of piperidine rings is 1. The molecule has 0 radical (unpaired) electrons. The molecule has 1 aliphatic rings. The van der Waals surface area contributed by atoms with Crippen LogP contribution in [0, 0.1) is 12.8 Å². The SMILES string of the molecule is COc1ccc(NC(=O)CC[C@H]2CCCN(Cc3nnc(C)o3)C2)cc1Cl. The number of methoxy groups -OCH3 is 1. The van der Waals surface area contributed by atoms with Crippen molar-refractivity contribution in [3.05, 3.63) is 35.0 Å². The summed E-state index contributed by atoms with van der Waals surface area (Å²) in [7, 11) is 1.56. The van der Waals surface area contributed by atoms with Gasteiger partial charge in [0, 0.05) is 25.6 Å². The highest BCUT2D eigenvalue weighted by molar-refractivity contribution is 6.32. The zero-order valence-corrected chi connectivity index (χ0v) is 16.5. The topological polar surface area (TPSA) is 80.5 Å². The van der Waals surface area contributed by atoms with Crippen molar-refractivity contribution in [1.82, 2.24) is 15.1 Å². The second-order valence-electron chi connectivity index (χ2n) is 6.89. The van der Waals surface area contributed by atoms with Crippen LogP contribution < -0.4 is 10.1 Å². The van der Waals surface area contributed by atoms with Gasteiger partial charge in [0.15, 0.2) is 0 Å². The molecular formula is C19H25ClN4O3. The molecule has 1 N–H and O–H groups in total. The fourth-order valence-corrected chi connectivity index (χ4v) is 3.68. The molecule has 1 aromatic heterocycles. The van der Waals surface area contributed by atoms with Gasteiger partial charge >= 0.3 is 0 Å². The third kappa shape index (κ3) is 5.68. The number of nitrogens with one attached hydrogen (secondary N) is 1. The van der Waals surface area contributed by atoms with Crippen LogP contribution in [-0.4, -0.2) is 41.2 Å². The molecule has 1 saturated heterocycles. The van der Waals surface area contributed by atoms with E-state index in [0.29, 0.717) is 47.1 Å². The van der Waals surface area contributed by atoms with Crippen LogP contribution in [-0.2, 0) is 11.3 Å². The molecule has 1 fully saturated rings. The second-order valence-corrected chi connectivity index (χ2v) is 7.30. The minimum atomic E-state index is 0.000818. The number of likely N-dealkylation sites (tertiary alicyclic amines) is 1. The molecule has 0 unspecified atom stereocenters. The summed E-state index contributed by atoms with van der Waals surface area (Å²) in [6.07, 6.45) is 3.60. The lowest BCUT2D eigenvalue weighted by Crippen LogP contribution is -2.35. The van der Waals surface area contributed by atoms with Crippen LogP contribution in [0.15, 0.2) is 22.6 Å². The van der Waals surface area contributed by atoms with Gasteiger partial charge in [-0.05, 0) is 49.9 Å². The molecule has 1 atom stereocenters. The number of hydrogen-bond donors (Lipinski definition) is 1. The van der Waals surface area contributed by atoms with Crippen molar-refractivity contribution in [2.75, 3.05) is 25.5 Å². The van der Waals surface area contributed by atoms with Crippen LogP contribution in [0.1, 0.15) is 37.5 Å². The minimum Gasteiger partial charge on any atom is -0.495 e. The van der Waals surface area contributed by atoms with Crippen molar-refractivity contribution >= 4 is 23.2 Å². The number of halogens is 1.